The number of carbonyl (C=O) groups excluding carboxylic acids is 2. The lowest BCUT2D eigenvalue weighted by molar-refractivity contribution is -0.130. The normalized spacial score (nSPS) is 16.9. The Balaban J connectivity index is 2.26. The summed E-state index contributed by atoms with van der Waals surface area (Å²) >= 11 is 1.55. The molecule has 1 rings (SSSR count). The summed E-state index contributed by atoms with van der Waals surface area (Å²) in [7, 11) is 0. The second-order valence-corrected chi connectivity index (χ2v) is 4.91. The molecule has 0 saturated carbocycles. The van der Waals surface area contributed by atoms with Crippen molar-refractivity contribution in [2.75, 3.05) is 51.3 Å². The van der Waals surface area contributed by atoms with E-state index in [0.29, 0.717) is 18.8 Å². The first-order valence-electron chi connectivity index (χ1n) is 5.93. The number of piperazine rings is 1. The molecule has 1 heterocycles. The minimum Gasteiger partial charge on any atom is -0.355 e. The molecule has 98 valence electrons. The zero-order valence-electron chi connectivity index (χ0n) is 10.6. The molecule has 0 unspecified atom stereocenters. The van der Waals surface area contributed by atoms with Gasteiger partial charge in [-0.15, -0.1) is 0 Å². The highest BCUT2D eigenvalue weighted by molar-refractivity contribution is 7.99. The lowest BCUT2D eigenvalue weighted by Crippen LogP contribution is -2.51. The van der Waals surface area contributed by atoms with Crippen LogP contribution in [-0.4, -0.2) is 72.9 Å². The van der Waals surface area contributed by atoms with Gasteiger partial charge in [0.1, 0.15) is 0 Å². The van der Waals surface area contributed by atoms with Crippen LogP contribution in [0.3, 0.4) is 0 Å². The van der Waals surface area contributed by atoms with Crippen LogP contribution in [0.25, 0.3) is 0 Å². The zero-order chi connectivity index (χ0) is 12.7. The predicted molar refractivity (Wildman–Crippen MR) is 70.1 cm³/mol. The van der Waals surface area contributed by atoms with Crippen molar-refractivity contribution in [1.29, 1.82) is 0 Å². The highest BCUT2D eigenvalue weighted by Gasteiger charge is 2.21. The molecule has 6 heteroatoms. The third-order valence-electron chi connectivity index (χ3n) is 2.73. The van der Waals surface area contributed by atoms with E-state index in [9.17, 15) is 9.59 Å². The highest BCUT2D eigenvalue weighted by atomic mass is 32.2. The fourth-order valence-electron chi connectivity index (χ4n) is 1.83. The molecule has 17 heavy (non-hydrogen) atoms. The smallest absolute Gasteiger partial charge is 0.234 e. The second-order valence-electron chi connectivity index (χ2n) is 4.04. The third kappa shape index (κ3) is 4.95. The minimum absolute atomic E-state index is 0.0661. The Hall–Kier alpha value is -0.750. The highest BCUT2D eigenvalue weighted by Crippen LogP contribution is 2.04. The van der Waals surface area contributed by atoms with Crippen molar-refractivity contribution < 1.29 is 9.59 Å². The Kier molecular flexibility index (Phi) is 6.36. The molecule has 0 bridgehead atoms. The van der Waals surface area contributed by atoms with Crippen LogP contribution in [0.4, 0.5) is 0 Å². The predicted octanol–water partition coefficient (Wildman–Crippen LogP) is -0.370. The molecular weight excluding hydrogens is 238 g/mol. The molecule has 1 aliphatic rings. The van der Waals surface area contributed by atoms with Gasteiger partial charge >= 0.3 is 0 Å². The second kappa shape index (κ2) is 7.55. The number of nitrogens with zero attached hydrogens (tertiary/aromatic N) is 2. The summed E-state index contributed by atoms with van der Waals surface area (Å²) in [5, 5.41) is 2.78. The standard InChI is InChI=1S/C11H21N3O2S/c1-3-12-10(15)8-13-4-6-14(7-5-13)11(16)9-17-2/h3-9H2,1-2H3,(H,12,15). The average molecular weight is 259 g/mol. The first-order chi connectivity index (χ1) is 8.17. The van der Waals surface area contributed by atoms with Crippen LogP contribution in [0.1, 0.15) is 6.92 Å². The van der Waals surface area contributed by atoms with E-state index in [4.69, 9.17) is 0 Å². The van der Waals surface area contributed by atoms with Crippen LogP contribution < -0.4 is 5.32 Å². The number of likely N-dealkylation sites (N-methyl/N-ethyl adjacent to an activating group) is 1. The van der Waals surface area contributed by atoms with Gasteiger partial charge in [-0.3, -0.25) is 14.5 Å². The van der Waals surface area contributed by atoms with E-state index in [1.165, 1.54) is 0 Å². The molecule has 1 fully saturated rings. The van der Waals surface area contributed by atoms with E-state index in [1.54, 1.807) is 11.8 Å². The van der Waals surface area contributed by atoms with Gasteiger partial charge in [0.05, 0.1) is 12.3 Å². The van der Waals surface area contributed by atoms with Crippen LogP contribution in [-0.2, 0) is 9.59 Å². The van der Waals surface area contributed by atoms with Crippen molar-refractivity contribution >= 4 is 23.6 Å². The van der Waals surface area contributed by atoms with Crippen molar-refractivity contribution in [2.24, 2.45) is 0 Å². The molecule has 0 aromatic rings. The third-order valence-corrected chi connectivity index (χ3v) is 3.27. The van der Waals surface area contributed by atoms with E-state index in [2.05, 4.69) is 10.2 Å². The molecule has 1 aliphatic heterocycles. The van der Waals surface area contributed by atoms with E-state index < -0.39 is 0 Å². The largest absolute Gasteiger partial charge is 0.355 e. The van der Waals surface area contributed by atoms with Gasteiger partial charge in [0.2, 0.25) is 11.8 Å². The summed E-state index contributed by atoms with van der Waals surface area (Å²) in [6.07, 6.45) is 1.93. The molecule has 0 aliphatic carbocycles. The maximum Gasteiger partial charge on any atom is 0.234 e. The lowest BCUT2D eigenvalue weighted by Gasteiger charge is -2.34. The summed E-state index contributed by atoms with van der Waals surface area (Å²) in [6.45, 7) is 6.08. The minimum atomic E-state index is 0.0661. The fraction of sp³-hybridized carbons (Fsp3) is 0.818. The summed E-state index contributed by atoms with van der Waals surface area (Å²) in [5.41, 5.74) is 0. The summed E-state index contributed by atoms with van der Waals surface area (Å²) in [5.74, 6) is 0.822. The number of hydrogen-bond acceptors (Lipinski definition) is 4. The molecule has 5 nitrogen and oxygen atoms in total. The van der Waals surface area contributed by atoms with Crippen LogP contribution in [0.2, 0.25) is 0 Å². The van der Waals surface area contributed by atoms with E-state index in [-0.39, 0.29) is 11.8 Å². The van der Waals surface area contributed by atoms with Crippen molar-refractivity contribution in [3.05, 3.63) is 0 Å². The van der Waals surface area contributed by atoms with E-state index >= 15 is 0 Å². The number of nitrogens with one attached hydrogen (secondary N) is 1. The van der Waals surface area contributed by atoms with Crippen molar-refractivity contribution in [1.82, 2.24) is 15.1 Å². The average Bonchev–Trinajstić information content (AvgIpc) is 2.30. The van der Waals surface area contributed by atoms with Gasteiger partial charge in [0, 0.05) is 32.7 Å². The Morgan fingerprint density at radius 2 is 1.88 bits per heavy atom. The van der Waals surface area contributed by atoms with Crippen LogP contribution in [0, 0.1) is 0 Å². The molecule has 0 aromatic heterocycles. The van der Waals surface area contributed by atoms with Crippen LogP contribution in [0.5, 0.6) is 0 Å². The molecule has 0 spiro atoms. The number of amides is 2. The molecule has 0 aromatic carbocycles. The zero-order valence-corrected chi connectivity index (χ0v) is 11.4. The van der Waals surface area contributed by atoms with Gasteiger partial charge in [-0.1, -0.05) is 0 Å². The maximum absolute atomic E-state index is 11.6. The van der Waals surface area contributed by atoms with Gasteiger partial charge in [-0.2, -0.15) is 11.8 Å². The van der Waals surface area contributed by atoms with Gasteiger partial charge in [0.15, 0.2) is 0 Å². The SMILES string of the molecule is CCNC(=O)CN1CCN(C(=O)CSC)CC1. The number of hydrogen-bond donors (Lipinski definition) is 1. The summed E-state index contributed by atoms with van der Waals surface area (Å²) in [6, 6.07) is 0. The van der Waals surface area contributed by atoms with Gasteiger partial charge in [-0.05, 0) is 13.2 Å². The van der Waals surface area contributed by atoms with Crippen molar-refractivity contribution in [2.45, 2.75) is 6.92 Å². The first kappa shape index (κ1) is 14.3. The fourth-order valence-corrected chi connectivity index (χ4v) is 2.26. The number of thioether (sulfide) groups is 1. The van der Waals surface area contributed by atoms with Crippen LogP contribution in [0.15, 0.2) is 0 Å². The molecule has 1 N–H and O–H groups in total. The molecule has 0 radical (unpaired) electrons. The van der Waals surface area contributed by atoms with Crippen molar-refractivity contribution in [3.63, 3.8) is 0 Å². The van der Waals surface area contributed by atoms with Gasteiger partial charge in [0.25, 0.3) is 0 Å². The molecule has 0 atom stereocenters. The Morgan fingerprint density at radius 3 is 2.41 bits per heavy atom. The molecule has 2 amide bonds. The quantitative estimate of drug-likeness (QED) is 0.732. The van der Waals surface area contributed by atoms with Gasteiger partial charge < -0.3 is 10.2 Å². The van der Waals surface area contributed by atoms with Crippen LogP contribution >= 0.6 is 11.8 Å². The Bertz CT molecular complexity index is 265. The van der Waals surface area contributed by atoms with Gasteiger partial charge in [-0.25, -0.2) is 0 Å². The summed E-state index contributed by atoms with van der Waals surface area (Å²) in [4.78, 5) is 27.0. The first-order valence-corrected chi connectivity index (χ1v) is 7.32. The Labute approximate surface area is 107 Å². The van der Waals surface area contributed by atoms with E-state index in [1.807, 2.05) is 18.1 Å². The molecule has 1 saturated heterocycles. The van der Waals surface area contributed by atoms with E-state index in [0.717, 1.165) is 26.2 Å². The topological polar surface area (TPSA) is 52.7 Å². The lowest BCUT2D eigenvalue weighted by atomic mass is 10.3. The number of carbonyl (C=O) groups is 2. The molecular formula is C11H21N3O2S. The number of rotatable bonds is 5. The Morgan fingerprint density at radius 1 is 1.24 bits per heavy atom. The summed E-state index contributed by atoms with van der Waals surface area (Å²) < 4.78 is 0. The van der Waals surface area contributed by atoms with Crippen molar-refractivity contribution in [3.8, 4) is 0 Å². The maximum atomic E-state index is 11.6. The monoisotopic (exact) mass is 259 g/mol.